The number of nitrogens with one attached hydrogen (secondary N) is 1. The Labute approximate surface area is 135 Å². The predicted molar refractivity (Wildman–Crippen MR) is 79.9 cm³/mol. The summed E-state index contributed by atoms with van der Waals surface area (Å²) in [6, 6.07) is 6.44. The van der Waals surface area contributed by atoms with E-state index in [1.54, 1.807) is 24.5 Å². The van der Waals surface area contributed by atoms with Crippen molar-refractivity contribution >= 4 is 5.91 Å². The van der Waals surface area contributed by atoms with Gasteiger partial charge < -0.3 is 9.73 Å². The number of aromatic nitrogens is 3. The highest BCUT2D eigenvalue weighted by Gasteiger charge is 2.11. The van der Waals surface area contributed by atoms with E-state index in [9.17, 15) is 13.6 Å². The van der Waals surface area contributed by atoms with Gasteiger partial charge in [0.15, 0.2) is 11.6 Å². The lowest BCUT2D eigenvalue weighted by Crippen LogP contribution is -2.25. The zero-order valence-corrected chi connectivity index (χ0v) is 12.4. The minimum absolute atomic E-state index is 0.0388. The maximum absolute atomic E-state index is 13.1. The van der Waals surface area contributed by atoms with Crippen molar-refractivity contribution in [3.05, 3.63) is 65.8 Å². The summed E-state index contributed by atoms with van der Waals surface area (Å²) in [7, 11) is 0. The SMILES string of the molecule is O=C(NCCc1nnc(-c2ccncc2)o1)c1ccc(F)c(F)c1. The lowest BCUT2D eigenvalue weighted by molar-refractivity contribution is 0.0953. The lowest BCUT2D eigenvalue weighted by atomic mass is 10.2. The molecule has 1 amide bonds. The number of nitrogens with zero attached hydrogens (tertiary/aromatic N) is 3. The number of carbonyl (C=O) groups excluding carboxylic acids is 1. The van der Waals surface area contributed by atoms with Crippen LogP contribution in [-0.2, 0) is 6.42 Å². The van der Waals surface area contributed by atoms with Gasteiger partial charge in [-0.2, -0.15) is 0 Å². The van der Waals surface area contributed by atoms with Crippen LogP contribution in [0.15, 0.2) is 47.1 Å². The standard InChI is InChI=1S/C16H12F2N4O2/c17-12-2-1-11(9-13(12)18)15(23)20-8-5-14-21-22-16(24-14)10-3-6-19-7-4-10/h1-4,6-7,9H,5,8H2,(H,20,23). The molecule has 1 N–H and O–H groups in total. The van der Waals surface area contributed by atoms with Gasteiger partial charge in [0, 0.05) is 36.5 Å². The fraction of sp³-hybridized carbons (Fsp3) is 0.125. The minimum Gasteiger partial charge on any atom is -0.421 e. The summed E-state index contributed by atoms with van der Waals surface area (Å²) in [5, 5.41) is 10.4. The van der Waals surface area contributed by atoms with Crippen molar-refractivity contribution < 1.29 is 18.0 Å². The molecule has 2 heterocycles. The largest absolute Gasteiger partial charge is 0.421 e. The highest BCUT2D eigenvalue weighted by Crippen LogP contribution is 2.16. The number of amides is 1. The van der Waals surface area contributed by atoms with Crippen molar-refractivity contribution in [2.75, 3.05) is 6.54 Å². The quantitative estimate of drug-likeness (QED) is 0.777. The molecule has 3 aromatic rings. The molecule has 3 rings (SSSR count). The van der Waals surface area contributed by atoms with E-state index in [-0.39, 0.29) is 12.1 Å². The van der Waals surface area contributed by atoms with Crippen LogP contribution in [0, 0.1) is 11.6 Å². The summed E-state index contributed by atoms with van der Waals surface area (Å²) in [6.45, 7) is 0.218. The second-order valence-corrected chi connectivity index (χ2v) is 4.87. The number of rotatable bonds is 5. The first-order chi connectivity index (χ1) is 11.6. The van der Waals surface area contributed by atoms with Gasteiger partial charge in [-0.05, 0) is 30.3 Å². The lowest BCUT2D eigenvalue weighted by Gasteiger charge is -2.04. The maximum Gasteiger partial charge on any atom is 0.251 e. The van der Waals surface area contributed by atoms with Gasteiger partial charge >= 0.3 is 0 Å². The van der Waals surface area contributed by atoms with E-state index in [0.717, 1.165) is 17.7 Å². The highest BCUT2D eigenvalue weighted by molar-refractivity contribution is 5.94. The molecule has 0 radical (unpaired) electrons. The van der Waals surface area contributed by atoms with Gasteiger partial charge in [0.1, 0.15) is 0 Å². The number of carbonyl (C=O) groups is 1. The van der Waals surface area contributed by atoms with E-state index >= 15 is 0 Å². The first-order valence-electron chi connectivity index (χ1n) is 7.09. The van der Waals surface area contributed by atoms with Gasteiger partial charge in [0.05, 0.1) is 0 Å². The Morgan fingerprint density at radius 2 is 1.88 bits per heavy atom. The van der Waals surface area contributed by atoms with Gasteiger partial charge in [-0.15, -0.1) is 10.2 Å². The predicted octanol–water partition coefficient (Wildman–Crippen LogP) is 2.38. The fourth-order valence-corrected chi connectivity index (χ4v) is 1.99. The van der Waals surface area contributed by atoms with E-state index in [2.05, 4.69) is 20.5 Å². The van der Waals surface area contributed by atoms with Crippen LogP contribution < -0.4 is 5.32 Å². The number of halogens is 2. The second-order valence-electron chi connectivity index (χ2n) is 4.87. The molecular formula is C16H12F2N4O2. The average Bonchev–Trinajstić information content (AvgIpc) is 3.07. The van der Waals surface area contributed by atoms with Crippen molar-refractivity contribution in [2.24, 2.45) is 0 Å². The van der Waals surface area contributed by atoms with Gasteiger partial charge in [-0.3, -0.25) is 9.78 Å². The molecule has 0 bridgehead atoms. The number of pyridine rings is 1. The van der Waals surface area contributed by atoms with E-state index in [1.807, 2.05) is 0 Å². The smallest absolute Gasteiger partial charge is 0.251 e. The molecule has 6 nitrogen and oxygen atoms in total. The molecule has 24 heavy (non-hydrogen) atoms. The Morgan fingerprint density at radius 3 is 2.62 bits per heavy atom. The van der Waals surface area contributed by atoms with Crippen LogP contribution in [0.5, 0.6) is 0 Å². The molecule has 0 spiro atoms. The topological polar surface area (TPSA) is 80.9 Å². The number of benzene rings is 1. The van der Waals surface area contributed by atoms with E-state index in [4.69, 9.17) is 4.42 Å². The van der Waals surface area contributed by atoms with Gasteiger partial charge in [-0.1, -0.05) is 0 Å². The normalized spacial score (nSPS) is 10.6. The van der Waals surface area contributed by atoms with Crippen LogP contribution >= 0.6 is 0 Å². The highest BCUT2D eigenvalue weighted by atomic mass is 19.2. The molecule has 122 valence electrons. The molecule has 0 saturated heterocycles. The van der Waals surface area contributed by atoms with Crippen LogP contribution in [-0.4, -0.2) is 27.6 Å². The third-order valence-electron chi connectivity index (χ3n) is 3.20. The molecule has 0 aliphatic rings. The summed E-state index contributed by atoms with van der Waals surface area (Å²) >= 11 is 0. The Kier molecular flexibility index (Phi) is 4.55. The third-order valence-corrected chi connectivity index (χ3v) is 3.20. The number of hydrogen-bond acceptors (Lipinski definition) is 5. The van der Waals surface area contributed by atoms with E-state index in [1.165, 1.54) is 6.07 Å². The molecular weight excluding hydrogens is 318 g/mol. The summed E-state index contributed by atoms with van der Waals surface area (Å²) in [5.41, 5.74) is 0.784. The first kappa shape index (κ1) is 15.7. The minimum atomic E-state index is -1.07. The molecule has 2 aromatic heterocycles. The molecule has 0 unspecified atom stereocenters. The first-order valence-corrected chi connectivity index (χ1v) is 7.09. The molecule has 8 heteroatoms. The van der Waals surface area contributed by atoms with Crippen molar-refractivity contribution in [3.63, 3.8) is 0 Å². The van der Waals surface area contributed by atoms with Crippen LogP contribution in [0.2, 0.25) is 0 Å². The Balaban J connectivity index is 1.56. The summed E-state index contributed by atoms with van der Waals surface area (Å²) < 4.78 is 31.4. The van der Waals surface area contributed by atoms with E-state index in [0.29, 0.717) is 18.2 Å². The molecule has 1 aromatic carbocycles. The summed E-state index contributed by atoms with van der Waals surface area (Å²) in [5.74, 6) is -1.86. The third kappa shape index (κ3) is 3.60. The average molecular weight is 330 g/mol. The van der Waals surface area contributed by atoms with E-state index < -0.39 is 17.5 Å². The fourth-order valence-electron chi connectivity index (χ4n) is 1.99. The van der Waals surface area contributed by atoms with Crippen molar-refractivity contribution in [2.45, 2.75) is 6.42 Å². The second kappa shape index (κ2) is 6.95. The van der Waals surface area contributed by atoms with Crippen LogP contribution in [0.1, 0.15) is 16.2 Å². The summed E-state index contributed by atoms with van der Waals surface area (Å²) in [6.07, 6.45) is 3.54. The Hall–Kier alpha value is -3.16. The van der Waals surface area contributed by atoms with Gasteiger partial charge in [0.2, 0.25) is 11.8 Å². The van der Waals surface area contributed by atoms with Crippen LogP contribution in [0.3, 0.4) is 0 Å². The van der Waals surface area contributed by atoms with Crippen LogP contribution in [0.4, 0.5) is 8.78 Å². The van der Waals surface area contributed by atoms with Gasteiger partial charge in [-0.25, -0.2) is 8.78 Å². The van der Waals surface area contributed by atoms with Crippen molar-refractivity contribution in [1.29, 1.82) is 0 Å². The summed E-state index contributed by atoms with van der Waals surface area (Å²) in [4.78, 5) is 15.8. The molecule has 0 fully saturated rings. The van der Waals surface area contributed by atoms with Crippen molar-refractivity contribution in [3.8, 4) is 11.5 Å². The van der Waals surface area contributed by atoms with Crippen LogP contribution in [0.25, 0.3) is 11.5 Å². The Morgan fingerprint density at radius 1 is 1.08 bits per heavy atom. The molecule has 0 aliphatic heterocycles. The maximum atomic E-state index is 13.1. The molecule has 0 atom stereocenters. The monoisotopic (exact) mass is 330 g/mol. The van der Waals surface area contributed by atoms with Gasteiger partial charge in [0.25, 0.3) is 5.91 Å². The Bertz CT molecular complexity index is 852. The molecule has 0 aliphatic carbocycles. The van der Waals surface area contributed by atoms with Crippen molar-refractivity contribution in [1.82, 2.24) is 20.5 Å². The number of hydrogen-bond donors (Lipinski definition) is 1. The zero-order chi connectivity index (χ0) is 16.9. The zero-order valence-electron chi connectivity index (χ0n) is 12.4. The molecule has 0 saturated carbocycles.